The second-order valence-corrected chi connectivity index (χ2v) is 5.53. The van der Waals surface area contributed by atoms with E-state index in [2.05, 4.69) is 44.4 Å². The lowest BCUT2D eigenvalue weighted by Crippen LogP contribution is -2.18. The van der Waals surface area contributed by atoms with Gasteiger partial charge in [0.2, 0.25) is 0 Å². The molecule has 0 spiro atoms. The van der Waals surface area contributed by atoms with Crippen molar-refractivity contribution in [3.05, 3.63) is 51.2 Å². The van der Waals surface area contributed by atoms with E-state index in [-0.39, 0.29) is 6.10 Å². The molecule has 1 heterocycles. The van der Waals surface area contributed by atoms with E-state index < -0.39 is 0 Å². The molecule has 0 saturated carbocycles. The van der Waals surface area contributed by atoms with Gasteiger partial charge < -0.3 is 10.5 Å². The van der Waals surface area contributed by atoms with Gasteiger partial charge in [-0.2, -0.15) is 0 Å². The number of aryl methyl sites for hydroxylation is 3. The Morgan fingerprint density at radius 1 is 1.17 bits per heavy atom. The molecule has 1 aromatic heterocycles. The number of rotatable bonds is 4. The number of hydrogen-bond acceptors (Lipinski definition) is 3. The first kappa shape index (κ1) is 13.1. The molecule has 1 atom stereocenters. The van der Waals surface area contributed by atoms with Crippen LogP contribution in [0.15, 0.2) is 29.6 Å². The fourth-order valence-electron chi connectivity index (χ4n) is 2.01. The molecule has 1 aromatic carbocycles. The molecular weight excluding hydrogens is 242 g/mol. The molecular formula is C15H19NOS. The molecule has 2 rings (SSSR count). The summed E-state index contributed by atoms with van der Waals surface area (Å²) in [6, 6.07) is 8.33. The number of thiophene rings is 1. The zero-order chi connectivity index (χ0) is 13.1. The summed E-state index contributed by atoms with van der Waals surface area (Å²) in [7, 11) is 0. The summed E-state index contributed by atoms with van der Waals surface area (Å²) in [5, 5.41) is 2.08. The fraction of sp³-hybridized carbons (Fsp3) is 0.333. The first-order valence-electron chi connectivity index (χ1n) is 6.09. The lowest BCUT2D eigenvalue weighted by molar-refractivity contribution is 0.216. The second-order valence-electron chi connectivity index (χ2n) is 4.58. The van der Waals surface area contributed by atoms with Crippen LogP contribution in [0.1, 0.15) is 27.7 Å². The van der Waals surface area contributed by atoms with Gasteiger partial charge in [-0.3, -0.25) is 0 Å². The molecule has 96 valence electrons. The maximum Gasteiger partial charge on any atom is 0.145 e. The molecule has 0 amide bonds. The van der Waals surface area contributed by atoms with Crippen LogP contribution in [0.4, 0.5) is 0 Å². The van der Waals surface area contributed by atoms with Gasteiger partial charge in [-0.05, 0) is 49.4 Å². The molecule has 2 N–H and O–H groups in total. The number of benzene rings is 1. The Kier molecular flexibility index (Phi) is 4.04. The minimum Gasteiger partial charge on any atom is -0.483 e. The minimum absolute atomic E-state index is 0.0496. The number of ether oxygens (including phenoxy) is 1. The van der Waals surface area contributed by atoms with Gasteiger partial charge in [-0.1, -0.05) is 17.7 Å². The van der Waals surface area contributed by atoms with Crippen LogP contribution in [-0.2, 0) is 0 Å². The van der Waals surface area contributed by atoms with E-state index in [0.29, 0.717) is 6.54 Å². The molecule has 2 aromatic rings. The van der Waals surface area contributed by atoms with Crippen LogP contribution in [0.25, 0.3) is 0 Å². The molecule has 0 bridgehead atoms. The van der Waals surface area contributed by atoms with Crippen molar-refractivity contribution in [1.82, 2.24) is 0 Å². The molecule has 3 heteroatoms. The Morgan fingerprint density at radius 3 is 2.50 bits per heavy atom. The third-order valence-corrected chi connectivity index (χ3v) is 4.12. The quantitative estimate of drug-likeness (QED) is 0.909. The Bertz CT molecular complexity index is 533. The van der Waals surface area contributed by atoms with Crippen LogP contribution in [0.5, 0.6) is 5.75 Å². The highest BCUT2D eigenvalue weighted by molar-refractivity contribution is 7.10. The first-order valence-corrected chi connectivity index (χ1v) is 6.97. The summed E-state index contributed by atoms with van der Waals surface area (Å²) in [4.78, 5) is 1.22. The SMILES string of the molecule is Cc1ccc(OC(CN)c2sccc2C)c(C)c1. The van der Waals surface area contributed by atoms with Gasteiger partial charge in [0, 0.05) is 11.4 Å². The largest absolute Gasteiger partial charge is 0.483 e. The van der Waals surface area contributed by atoms with Crippen molar-refractivity contribution in [2.75, 3.05) is 6.54 Å². The normalized spacial score (nSPS) is 12.4. The maximum atomic E-state index is 6.06. The van der Waals surface area contributed by atoms with Crippen molar-refractivity contribution in [2.24, 2.45) is 5.73 Å². The summed E-state index contributed by atoms with van der Waals surface area (Å²) in [5.41, 5.74) is 9.49. The monoisotopic (exact) mass is 261 g/mol. The smallest absolute Gasteiger partial charge is 0.145 e. The average molecular weight is 261 g/mol. The lowest BCUT2D eigenvalue weighted by Gasteiger charge is -2.19. The van der Waals surface area contributed by atoms with E-state index in [9.17, 15) is 0 Å². The molecule has 0 radical (unpaired) electrons. The predicted octanol–water partition coefficient (Wildman–Crippen LogP) is 3.75. The molecule has 18 heavy (non-hydrogen) atoms. The highest BCUT2D eigenvalue weighted by Gasteiger charge is 2.16. The van der Waals surface area contributed by atoms with E-state index in [4.69, 9.17) is 10.5 Å². The summed E-state index contributed by atoms with van der Waals surface area (Å²) in [5.74, 6) is 0.920. The third-order valence-electron chi connectivity index (χ3n) is 3.01. The van der Waals surface area contributed by atoms with E-state index in [1.165, 1.54) is 16.0 Å². The van der Waals surface area contributed by atoms with Crippen LogP contribution < -0.4 is 10.5 Å². The summed E-state index contributed by atoms with van der Waals surface area (Å²) < 4.78 is 6.06. The standard InChI is InChI=1S/C15H19NOS/c1-10-4-5-13(12(3)8-10)17-14(9-16)15-11(2)6-7-18-15/h4-8,14H,9,16H2,1-3H3. The lowest BCUT2D eigenvalue weighted by atomic mass is 10.1. The van der Waals surface area contributed by atoms with Gasteiger partial charge in [0.05, 0.1) is 0 Å². The highest BCUT2D eigenvalue weighted by atomic mass is 32.1. The molecule has 0 saturated heterocycles. The topological polar surface area (TPSA) is 35.2 Å². The Morgan fingerprint density at radius 2 is 1.94 bits per heavy atom. The van der Waals surface area contributed by atoms with Gasteiger partial charge in [0.1, 0.15) is 11.9 Å². The van der Waals surface area contributed by atoms with Crippen LogP contribution in [0.2, 0.25) is 0 Å². The third kappa shape index (κ3) is 2.74. The summed E-state index contributed by atoms with van der Waals surface area (Å²) in [6.45, 7) is 6.74. The number of hydrogen-bond donors (Lipinski definition) is 1. The van der Waals surface area contributed by atoms with E-state index >= 15 is 0 Å². The van der Waals surface area contributed by atoms with Gasteiger partial charge >= 0.3 is 0 Å². The Balaban J connectivity index is 2.23. The van der Waals surface area contributed by atoms with Gasteiger partial charge in [-0.25, -0.2) is 0 Å². The molecule has 0 aliphatic rings. The summed E-state index contributed by atoms with van der Waals surface area (Å²) >= 11 is 1.71. The van der Waals surface area contributed by atoms with Gasteiger partial charge in [0.15, 0.2) is 0 Å². The average Bonchev–Trinajstić information content (AvgIpc) is 2.75. The van der Waals surface area contributed by atoms with Crippen LogP contribution >= 0.6 is 11.3 Å². The minimum atomic E-state index is -0.0496. The fourth-order valence-corrected chi connectivity index (χ4v) is 2.98. The number of nitrogens with two attached hydrogens (primary N) is 1. The highest BCUT2D eigenvalue weighted by Crippen LogP contribution is 2.29. The van der Waals surface area contributed by atoms with E-state index in [1.807, 2.05) is 6.07 Å². The maximum absolute atomic E-state index is 6.06. The van der Waals surface area contributed by atoms with Crippen molar-refractivity contribution in [2.45, 2.75) is 26.9 Å². The van der Waals surface area contributed by atoms with Crippen molar-refractivity contribution in [1.29, 1.82) is 0 Å². The van der Waals surface area contributed by atoms with Crippen molar-refractivity contribution < 1.29 is 4.74 Å². The second kappa shape index (κ2) is 5.55. The van der Waals surface area contributed by atoms with Crippen molar-refractivity contribution >= 4 is 11.3 Å². The zero-order valence-electron chi connectivity index (χ0n) is 11.1. The predicted molar refractivity (Wildman–Crippen MR) is 77.4 cm³/mol. The molecule has 0 fully saturated rings. The van der Waals surface area contributed by atoms with Crippen LogP contribution in [0.3, 0.4) is 0 Å². The van der Waals surface area contributed by atoms with Gasteiger partial charge in [-0.15, -0.1) is 11.3 Å². The molecule has 0 aliphatic carbocycles. The Labute approximate surface area is 112 Å². The Hall–Kier alpha value is -1.32. The molecule has 2 nitrogen and oxygen atoms in total. The van der Waals surface area contributed by atoms with Crippen LogP contribution in [-0.4, -0.2) is 6.54 Å². The summed E-state index contributed by atoms with van der Waals surface area (Å²) in [6.07, 6.45) is -0.0496. The first-order chi connectivity index (χ1) is 8.61. The van der Waals surface area contributed by atoms with Crippen LogP contribution in [0, 0.1) is 20.8 Å². The molecule has 0 aliphatic heterocycles. The van der Waals surface area contributed by atoms with Crippen molar-refractivity contribution in [3.63, 3.8) is 0 Å². The zero-order valence-corrected chi connectivity index (χ0v) is 11.9. The van der Waals surface area contributed by atoms with Gasteiger partial charge in [0.25, 0.3) is 0 Å². The molecule has 1 unspecified atom stereocenters. The van der Waals surface area contributed by atoms with E-state index in [1.54, 1.807) is 11.3 Å². The van der Waals surface area contributed by atoms with E-state index in [0.717, 1.165) is 11.3 Å². The van der Waals surface area contributed by atoms with Crippen molar-refractivity contribution in [3.8, 4) is 5.75 Å².